The molecule has 0 aromatic heterocycles. The Labute approximate surface area is 131 Å². The van der Waals surface area contributed by atoms with E-state index in [1.54, 1.807) is 6.07 Å². The second-order valence-electron chi connectivity index (χ2n) is 4.87. The Kier molecular flexibility index (Phi) is 4.10. The highest BCUT2D eigenvalue weighted by Crippen LogP contribution is 2.26. The third-order valence-electron chi connectivity index (χ3n) is 3.30. The lowest BCUT2D eigenvalue weighted by atomic mass is 10.0. The van der Waals surface area contributed by atoms with E-state index in [0.29, 0.717) is 11.4 Å². The molecule has 0 fully saturated rings. The van der Waals surface area contributed by atoms with Crippen LogP contribution in [0.25, 0.3) is 0 Å². The Bertz CT molecular complexity index is 673. The number of nitrogens with one attached hydrogen (secondary N) is 2. The van der Waals surface area contributed by atoms with Gasteiger partial charge in [-0.05, 0) is 54.8 Å². The quantitative estimate of drug-likeness (QED) is 0.846. The molecule has 1 aliphatic rings. The number of benzene rings is 2. The minimum absolute atomic E-state index is 0.489. The molecule has 2 N–H and O–H groups in total. The van der Waals surface area contributed by atoms with Gasteiger partial charge in [0, 0.05) is 22.4 Å². The van der Waals surface area contributed by atoms with Crippen LogP contribution in [0.2, 0.25) is 0 Å². The van der Waals surface area contributed by atoms with Crippen LogP contribution in [0.3, 0.4) is 0 Å². The zero-order valence-electron chi connectivity index (χ0n) is 11.4. The number of carbonyl (C=O) groups is 1. The number of anilines is 2. The molecule has 1 amide bonds. The molecule has 21 heavy (non-hydrogen) atoms. The van der Waals surface area contributed by atoms with Crippen molar-refractivity contribution in [1.82, 2.24) is 0 Å². The molecule has 0 saturated carbocycles. The van der Waals surface area contributed by atoms with Gasteiger partial charge < -0.3 is 10.1 Å². The summed E-state index contributed by atoms with van der Waals surface area (Å²) in [6.07, 6.45) is 1.62. The minimum Gasteiger partial charge on any atom is -0.410 e. The zero-order valence-corrected chi connectivity index (χ0v) is 12.9. The summed E-state index contributed by atoms with van der Waals surface area (Å²) in [4.78, 5) is 11.9. The largest absolute Gasteiger partial charge is 0.417 e. The third kappa shape index (κ3) is 3.55. The van der Waals surface area contributed by atoms with Gasteiger partial charge >= 0.3 is 6.09 Å². The number of rotatable bonds is 2. The maximum Gasteiger partial charge on any atom is 0.417 e. The Balaban J connectivity index is 1.67. The number of carbonyl (C=O) groups excluding carboxylic acids is 1. The number of hydrogen-bond acceptors (Lipinski definition) is 3. The SMILES string of the molecule is O=C(Nc1cccc(Br)c1)Oc1ccc2c(c1)CCCN2. The van der Waals surface area contributed by atoms with E-state index in [2.05, 4.69) is 26.6 Å². The number of amides is 1. The highest BCUT2D eigenvalue weighted by atomic mass is 79.9. The molecule has 4 nitrogen and oxygen atoms in total. The van der Waals surface area contributed by atoms with E-state index < -0.39 is 6.09 Å². The van der Waals surface area contributed by atoms with E-state index in [4.69, 9.17) is 4.74 Å². The van der Waals surface area contributed by atoms with Crippen molar-refractivity contribution in [3.63, 3.8) is 0 Å². The second-order valence-corrected chi connectivity index (χ2v) is 5.79. The predicted molar refractivity (Wildman–Crippen MR) is 87.0 cm³/mol. The van der Waals surface area contributed by atoms with Crippen molar-refractivity contribution in [3.05, 3.63) is 52.5 Å². The Morgan fingerprint density at radius 3 is 3.00 bits per heavy atom. The lowest BCUT2D eigenvalue weighted by Gasteiger charge is -2.18. The molecule has 3 rings (SSSR count). The average molecular weight is 347 g/mol. The number of hydrogen-bond donors (Lipinski definition) is 2. The molecular formula is C16H15BrN2O2. The van der Waals surface area contributed by atoms with E-state index in [-0.39, 0.29) is 0 Å². The smallest absolute Gasteiger partial charge is 0.410 e. The van der Waals surface area contributed by atoms with Gasteiger partial charge in [0.1, 0.15) is 5.75 Å². The topological polar surface area (TPSA) is 50.4 Å². The second kappa shape index (κ2) is 6.18. The van der Waals surface area contributed by atoms with Crippen molar-refractivity contribution >= 4 is 33.4 Å². The first-order valence-electron chi connectivity index (χ1n) is 6.82. The van der Waals surface area contributed by atoms with Gasteiger partial charge in [-0.2, -0.15) is 0 Å². The molecular weight excluding hydrogens is 332 g/mol. The zero-order chi connectivity index (χ0) is 14.7. The number of aryl methyl sites for hydroxylation is 1. The van der Waals surface area contributed by atoms with E-state index in [0.717, 1.165) is 29.5 Å². The van der Waals surface area contributed by atoms with Gasteiger partial charge in [0.2, 0.25) is 0 Å². The first-order valence-corrected chi connectivity index (χ1v) is 7.61. The fraction of sp³-hybridized carbons (Fsp3) is 0.188. The average Bonchev–Trinajstić information content (AvgIpc) is 2.47. The lowest BCUT2D eigenvalue weighted by molar-refractivity contribution is 0.215. The van der Waals surface area contributed by atoms with Crippen LogP contribution in [0, 0.1) is 0 Å². The molecule has 1 heterocycles. The Morgan fingerprint density at radius 1 is 1.24 bits per heavy atom. The van der Waals surface area contributed by atoms with Crippen LogP contribution in [0.5, 0.6) is 5.75 Å². The Morgan fingerprint density at radius 2 is 2.14 bits per heavy atom. The van der Waals surface area contributed by atoms with Gasteiger partial charge in [-0.25, -0.2) is 4.79 Å². The molecule has 0 aliphatic carbocycles. The fourth-order valence-corrected chi connectivity index (χ4v) is 2.73. The summed E-state index contributed by atoms with van der Waals surface area (Å²) in [5.74, 6) is 0.560. The molecule has 0 spiro atoms. The van der Waals surface area contributed by atoms with Gasteiger partial charge in [-0.3, -0.25) is 5.32 Å². The Hall–Kier alpha value is -2.01. The highest BCUT2D eigenvalue weighted by Gasteiger charge is 2.11. The summed E-state index contributed by atoms with van der Waals surface area (Å²) in [6.45, 7) is 0.997. The number of fused-ring (bicyclic) bond motifs is 1. The van der Waals surface area contributed by atoms with Gasteiger partial charge in [0.25, 0.3) is 0 Å². The van der Waals surface area contributed by atoms with Crippen LogP contribution in [-0.2, 0) is 6.42 Å². The van der Waals surface area contributed by atoms with Gasteiger partial charge in [-0.15, -0.1) is 0 Å². The molecule has 0 bridgehead atoms. The van der Waals surface area contributed by atoms with Crippen LogP contribution in [-0.4, -0.2) is 12.6 Å². The normalized spacial score (nSPS) is 13.0. The summed E-state index contributed by atoms with van der Waals surface area (Å²) in [7, 11) is 0. The summed E-state index contributed by atoms with van der Waals surface area (Å²) in [6, 6.07) is 13.0. The van der Waals surface area contributed by atoms with Crippen molar-refractivity contribution in [2.24, 2.45) is 0 Å². The van der Waals surface area contributed by atoms with E-state index in [9.17, 15) is 4.79 Å². The lowest BCUT2D eigenvalue weighted by Crippen LogP contribution is -2.17. The van der Waals surface area contributed by atoms with Crippen LogP contribution < -0.4 is 15.4 Å². The van der Waals surface area contributed by atoms with Gasteiger partial charge in [0.05, 0.1) is 0 Å². The molecule has 108 valence electrons. The van der Waals surface area contributed by atoms with Crippen molar-refractivity contribution in [2.75, 3.05) is 17.2 Å². The molecule has 0 radical (unpaired) electrons. The number of halogens is 1. The first kappa shape index (κ1) is 13.9. The van der Waals surface area contributed by atoms with Crippen molar-refractivity contribution in [1.29, 1.82) is 0 Å². The number of ether oxygens (including phenoxy) is 1. The molecule has 1 aliphatic heterocycles. The van der Waals surface area contributed by atoms with Crippen molar-refractivity contribution in [3.8, 4) is 5.75 Å². The molecule has 0 unspecified atom stereocenters. The van der Waals surface area contributed by atoms with E-state index in [1.807, 2.05) is 36.4 Å². The summed E-state index contributed by atoms with van der Waals surface area (Å²) < 4.78 is 6.23. The standard InChI is InChI=1S/C16H15BrN2O2/c17-12-4-1-5-13(10-12)19-16(20)21-14-6-7-15-11(9-14)3-2-8-18-15/h1,4-7,9-10,18H,2-3,8H2,(H,19,20). The van der Waals surface area contributed by atoms with E-state index >= 15 is 0 Å². The minimum atomic E-state index is -0.489. The van der Waals surface area contributed by atoms with Crippen LogP contribution in [0.4, 0.5) is 16.2 Å². The monoisotopic (exact) mass is 346 g/mol. The van der Waals surface area contributed by atoms with Crippen LogP contribution in [0.15, 0.2) is 46.9 Å². The van der Waals surface area contributed by atoms with Crippen LogP contribution in [0.1, 0.15) is 12.0 Å². The molecule has 2 aromatic carbocycles. The molecule has 0 atom stereocenters. The molecule has 2 aromatic rings. The van der Waals surface area contributed by atoms with Crippen LogP contribution >= 0.6 is 15.9 Å². The molecule has 0 saturated heterocycles. The highest BCUT2D eigenvalue weighted by molar-refractivity contribution is 9.10. The van der Waals surface area contributed by atoms with E-state index in [1.165, 1.54) is 5.56 Å². The maximum atomic E-state index is 11.9. The third-order valence-corrected chi connectivity index (χ3v) is 3.79. The van der Waals surface area contributed by atoms with Gasteiger partial charge in [0.15, 0.2) is 0 Å². The molecule has 5 heteroatoms. The van der Waals surface area contributed by atoms with Crippen molar-refractivity contribution in [2.45, 2.75) is 12.8 Å². The maximum absolute atomic E-state index is 11.9. The predicted octanol–water partition coefficient (Wildman–Crippen LogP) is 4.42. The first-order chi connectivity index (χ1) is 10.2. The summed E-state index contributed by atoms with van der Waals surface area (Å²) >= 11 is 3.36. The fourth-order valence-electron chi connectivity index (χ4n) is 2.33. The van der Waals surface area contributed by atoms with Gasteiger partial charge in [-0.1, -0.05) is 22.0 Å². The summed E-state index contributed by atoms with van der Waals surface area (Å²) in [5.41, 5.74) is 3.00. The van der Waals surface area contributed by atoms with Crippen molar-refractivity contribution < 1.29 is 9.53 Å². The summed E-state index contributed by atoms with van der Waals surface area (Å²) in [5, 5.41) is 6.03.